The van der Waals surface area contributed by atoms with Crippen LogP contribution in [0.4, 0.5) is 5.69 Å². The van der Waals surface area contributed by atoms with Crippen LogP contribution in [0.25, 0.3) is 5.69 Å². The van der Waals surface area contributed by atoms with E-state index in [1.807, 2.05) is 0 Å². The number of hydrogen-bond donors (Lipinski definition) is 1. The first-order chi connectivity index (χ1) is 11.7. The fraction of sp³-hybridized carbons (Fsp3) is 0.0625. The molecule has 0 saturated carbocycles. The molecule has 0 aliphatic heterocycles. The maximum Gasteiger partial charge on any atom is 0.337 e. The highest BCUT2D eigenvalue weighted by Gasteiger charge is 2.08. The molecule has 1 amide bonds. The molecule has 3 rings (SSSR count). The summed E-state index contributed by atoms with van der Waals surface area (Å²) in [4.78, 5) is 23.6. The van der Waals surface area contributed by atoms with Gasteiger partial charge in [-0.15, -0.1) is 5.10 Å². The molecule has 0 aliphatic rings. The lowest BCUT2D eigenvalue weighted by Gasteiger charge is -2.07. The number of carbonyl (C=O) groups is 2. The maximum absolute atomic E-state index is 12.2. The van der Waals surface area contributed by atoms with Gasteiger partial charge in [-0.25, -0.2) is 9.48 Å². The first kappa shape index (κ1) is 15.3. The van der Waals surface area contributed by atoms with Crippen LogP contribution in [0.3, 0.4) is 0 Å². The Morgan fingerprint density at radius 2 is 1.67 bits per heavy atom. The Morgan fingerprint density at radius 1 is 1.00 bits per heavy atom. The summed E-state index contributed by atoms with van der Waals surface area (Å²) in [5.41, 5.74) is 2.24. The number of anilines is 1. The van der Waals surface area contributed by atoms with Gasteiger partial charge in [0.05, 0.1) is 18.4 Å². The zero-order chi connectivity index (χ0) is 16.9. The molecule has 1 aromatic heterocycles. The molecule has 120 valence electrons. The summed E-state index contributed by atoms with van der Waals surface area (Å²) in [6.07, 6.45) is 1.47. The molecular formula is C16H13N5O3. The predicted molar refractivity (Wildman–Crippen MR) is 84.9 cm³/mol. The highest BCUT2D eigenvalue weighted by molar-refractivity contribution is 6.04. The van der Waals surface area contributed by atoms with E-state index in [9.17, 15) is 9.59 Å². The quantitative estimate of drug-likeness (QED) is 0.734. The van der Waals surface area contributed by atoms with Gasteiger partial charge in [-0.3, -0.25) is 4.79 Å². The third kappa shape index (κ3) is 3.27. The van der Waals surface area contributed by atoms with E-state index in [4.69, 9.17) is 0 Å². The molecule has 0 saturated heterocycles. The number of benzene rings is 2. The molecule has 8 nitrogen and oxygen atoms in total. The van der Waals surface area contributed by atoms with Gasteiger partial charge in [-0.2, -0.15) is 0 Å². The minimum absolute atomic E-state index is 0.260. The number of nitrogens with one attached hydrogen (secondary N) is 1. The van der Waals surface area contributed by atoms with Gasteiger partial charge in [0, 0.05) is 11.3 Å². The molecule has 2 aromatic carbocycles. The summed E-state index contributed by atoms with van der Waals surface area (Å²) < 4.78 is 6.12. The second-order valence-electron chi connectivity index (χ2n) is 4.82. The van der Waals surface area contributed by atoms with Crippen LogP contribution in [-0.2, 0) is 4.74 Å². The minimum Gasteiger partial charge on any atom is -0.465 e. The average Bonchev–Trinajstić information content (AvgIpc) is 3.16. The lowest BCUT2D eigenvalue weighted by atomic mass is 10.1. The van der Waals surface area contributed by atoms with E-state index in [0.717, 1.165) is 5.69 Å². The fourth-order valence-corrected chi connectivity index (χ4v) is 2.06. The topological polar surface area (TPSA) is 99.0 Å². The zero-order valence-electron chi connectivity index (χ0n) is 12.7. The van der Waals surface area contributed by atoms with Crippen LogP contribution in [0.5, 0.6) is 0 Å². The van der Waals surface area contributed by atoms with Gasteiger partial charge >= 0.3 is 5.97 Å². The maximum atomic E-state index is 12.2. The van der Waals surface area contributed by atoms with E-state index < -0.39 is 5.97 Å². The molecule has 0 unspecified atom stereocenters. The zero-order valence-corrected chi connectivity index (χ0v) is 12.7. The second kappa shape index (κ2) is 6.69. The number of hydrogen-bond acceptors (Lipinski definition) is 6. The Kier molecular flexibility index (Phi) is 4.28. The molecule has 3 aromatic rings. The SMILES string of the molecule is COC(=O)c1ccc(NC(=O)c2ccc(-n3cnnn3)cc2)cc1. The largest absolute Gasteiger partial charge is 0.465 e. The Hall–Kier alpha value is -3.55. The normalized spacial score (nSPS) is 10.2. The van der Waals surface area contributed by atoms with E-state index in [1.54, 1.807) is 48.5 Å². The molecule has 1 N–H and O–H groups in total. The molecule has 0 radical (unpaired) electrons. The number of methoxy groups -OCH3 is 1. The fourth-order valence-electron chi connectivity index (χ4n) is 2.06. The van der Waals surface area contributed by atoms with Crippen LogP contribution in [-0.4, -0.2) is 39.2 Å². The van der Waals surface area contributed by atoms with Gasteiger partial charge in [0.1, 0.15) is 6.33 Å². The third-order valence-electron chi connectivity index (χ3n) is 3.31. The number of carbonyl (C=O) groups excluding carboxylic acids is 2. The highest BCUT2D eigenvalue weighted by atomic mass is 16.5. The van der Waals surface area contributed by atoms with Gasteiger partial charge in [-0.05, 0) is 59.0 Å². The van der Waals surface area contributed by atoms with Crippen molar-refractivity contribution in [3.63, 3.8) is 0 Å². The van der Waals surface area contributed by atoms with Crippen LogP contribution >= 0.6 is 0 Å². The van der Waals surface area contributed by atoms with E-state index in [-0.39, 0.29) is 5.91 Å². The van der Waals surface area contributed by atoms with Crippen LogP contribution in [0.2, 0.25) is 0 Å². The summed E-state index contributed by atoms with van der Waals surface area (Å²) in [6.45, 7) is 0. The molecule has 0 atom stereocenters. The van der Waals surface area contributed by atoms with E-state index in [0.29, 0.717) is 16.8 Å². The Labute approximate surface area is 137 Å². The first-order valence-corrected chi connectivity index (χ1v) is 7.00. The van der Waals surface area contributed by atoms with Gasteiger partial charge < -0.3 is 10.1 Å². The summed E-state index contributed by atoms with van der Waals surface area (Å²) >= 11 is 0. The molecule has 0 aliphatic carbocycles. The van der Waals surface area contributed by atoms with Gasteiger partial charge in [0.15, 0.2) is 0 Å². The Bertz CT molecular complexity index is 842. The van der Waals surface area contributed by atoms with Crippen molar-refractivity contribution in [1.29, 1.82) is 0 Å². The number of esters is 1. The van der Waals surface area contributed by atoms with Crippen molar-refractivity contribution in [2.24, 2.45) is 0 Å². The molecular weight excluding hydrogens is 310 g/mol. The summed E-state index contributed by atoms with van der Waals surface area (Å²) in [6, 6.07) is 13.3. The van der Waals surface area contributed by atoms with Crippen molar-refractivity contribution >= 4 is 17.6 Å². The van der Waals surface area contributed by atoms with E-state index in [1.165, 1.54) is 18.1 Å². The third-order valence-corrected chi connectivity index (χ3v) is 3.31. The number of nitrogens with zero attached hydrogens (tertiary/aromatic N) is 4. The number of ether oxygens (including phenoxy) is 1. The van der Waals surface area contributed by atoms with Crippen LogP contribution < -0.4 is 5.32 Å². The molecule has 0 spiro atoms. The van der Waals surface area contributed by atoms with Crippen LogP contribution in [0.1, 0.15) is 20.7 Å². The second-order valence-corrected chi connectivity index (χ2v) is 4.82. The highest BCUT2D eigenvalue weighted by Crippen LogP contribution is 2.13. The monoisotopic (exact) mass is 323 g/mol. The van der Waals surface area contributed by atoms with Crippen molar-refractivity contribution in [3.05, 3.63) is 66.0 Å². The minimum atomic E-state index is -0.425. The lowest BCUT2D eigenvalue weighted by molar-refractivity contribution is 0.0600. The average molecular weight is 323 g/mol. The molecule has 8 heteroatoms. The molecule has 1 heterocycles. The smallest absolute Gasteiger partial charge is 0.337 e. The molecule has 0 fully saturated rings. The number of aromatic nitrogens is 4. The van der Waals surface area contributed by atoms with Crippen molar-refractivity contribution in [1.82, 2.24) is 20.2 Å². The Balaban J connectivity index is 1.69. The molecule has 0 bridgehead atoms. The van der Waals surface area contributed by atoms with Crippen molar-refractivity contribution in [3.8, 4) is 5.69 Å². The van der Waals surface area contributed by atoms with E-state index in [2.05, 4.69) is 25.6 Å². The molecule has 24 heavy (non-hydrogen) atoms. The van der Waals surface area contributed by atoms with Crippen LogP contribution in [0, 0.1) is 0 Å². The number of amides is 1. The predicted octanol–water partition coefficient (Wildman–Crippen LogP) is 1.70. The first-order valence-electron chi connectivity index (χ1n) is 7.00. The summed E-state index contributed by atoms with van der Waals surface area (Å²) in [5.74, 6) is -0.685. The van der Waals surface area contributed by atoms with E-state index >= 15 is 0 Å². The van der Waals surface area contributed by atoms with Crippen LogP contribution in [0.15, 0.2) is 54.9 Å². The van der Waals surface area contributed by atoms with Gasteiger partial charge in [0.25, 0.3) is 5.91 Å². The number of tetrazole rings is 1. The van der Waals surface area contributed by atoms with Crippen molar-refractivity contribution < 1.29 is 14.3 Å². The van der Waals surface area contributed by atoms with Crippen molar-refractivity contribution in [2.45, 2.75) is 0 Å². The summed E-state index contributed by atoms with van der Waals surface area (Å²) in [5, 5.41) is 13.6. The summed E-state index contributed by atoms with van der Waals surface area (Å²) in [7, 11) is 1.32. The number of rotatable bonds is 4. The lowest BCUT2D eigenvalue weighted by Crippen LogP contribution is -2.12. The van der Waals surface area contributed by atoms with Gasteiger partial charge in [-0.1, -0.05) is 0 Å². The van der Waals surface area contributed by atoms with Gasteiger partial charge in [0.2, 0.25) is 0 Å². The van der Waals surface area contributed by atoms with Crippen molar-refractivity contribution in [2.75, 3.05) is 12.4 Å². The Morgan fingerprint density at radius 3 is 2.25 bits per heavy atom. The standard InChI is InChI=1S/C16H13N5O3/c1-24-16(23)12-2-6-13(7-3-12)18-15(22)11-4-8-14(9-5-11)21-10-17-19-20-21/h2-10H,1H3,(H,18,22).